The number of pyridine rings is 1. The van der Waals surface area contributed by atoms with E-state index in [9.17, 15) is 12.6 Å². The highest BCUT2D eigenvalue weighted by Crippen LogP contribution is 2.37. The molecule has 246 valence electrons. The molecule has 1 atom stereocenters. The first-order chi connectivity index (χ1) is 21.9. The van der Waals surface area contributed by atoms with Gasteiger partial charge in [-0.1, -0.05) is 39.0 Å². The van der Waals surface area contributed by atoms with Gasteiger partial charge in [0.1, 0.15) is 10.6 Å². The molecule has 0 amide bonds. The number of ether oxygens (including phenoxy) is 1. The molecule has 2 aliphatic heterocycles. The fourth-order valence-corrected chi connectivity index (χ4v) is 8.44. The van der Waals surface area contributed by atoms with E-state index in [1.165, 1.54) is 57.8 Å². The third-order valence-corrected chi connectivity index (χ3v) is 11.8. The third kappa shape index (κ3) is 8.84. The Hall–Kier alpha value is -2.53. The number of piperidine rings is 1. The molecule has 45 heavy (non-hydrogen) atoms. The molecule has 0 aliphatic carbocycles. The Morgan fingerprint density at radius 3 is 2.27 bits per heavy atom. The topological polar surface area (TPSA) is 83.0 Å². The summed E-state index contributed by atoms with van der Waals surface area (Å²) in [4.78, 5) is 13.0. The molecular weight excluding hydrogens is 605 g/mol. The third-order valence-electron chi connectivity index (χ3n) is 9.14. The lowest BCUT2D eigenvalue weighted by atomic mass is 10.1. The van der Waals surface area contributed by atoms with Crippen molar-refractivity contribution >= 4 is 37.2 Å². The van der Waals surface area contributed by atoms with E-state index >= 15 is 0 Å². The van der Waals surface area contributed by atoms with Crippen LogP contribution in [0.1, 0.15) is 64.7 Å². The van der Waals surface area contributed by atoms with Crippen LogP contribution in [0.5, 0.6) is 5.75 Å². The number of sulfone groups is 1. The van der Waals surface area contributed by atoms with E-state index < -0.39 is 20.6 Å². The van der Waals surface area contributed by atoms with Gasteiger partial charge < -0.3 is 19.4 Å². The highest BCUT2D eigenvalue weighted by atomic mass is 32.2. The van der Waals surface area contributed by atoms with Gasteiger partial charge in [-0.3, -0.25) is 9.19 Å². The standard InChI is InChI=1S/C35H50N4O4S2/c1-3-4-5-6-10-26-43-29-12-15-31(16-13-29)45(41,42)34-28-36-33-17-14-30(44(2)40)27-32(33)35(34)39-21-11-20-38(24-25-39)23-22-37-18-8-7-9-19-37/h12-17,27-28H,3-11,18-26H2,1-2H3. The van der Waals surface area contributed by atoms with Crippen molar-refractivity contribution in [2.75, 3.05) is 70.1 Å². The van der Waals surface area contributed by atoms with Crippen molar-refractivity contribution in [2.24, 2.45) is 0 Å². The van der Waals surface area contributed by atoms with Crippen LogP contribution in [0.15, 0.2) is 63.3 Å². The molecule has 0 saturated carbocycles. The average molecular weight is 655 g/mol. The summed E-state index contributed by atoms with van der Waals surface area (Å²) in [6.45, 7) is 10.6. The van der Waals surface area contributed by atoms with Crippen LogP contribution >= 0.6 is 0 Å². The second kappa shape index (κ2) is 16.3. The number of hydrogen-bond acceptors (Lipinski definition) is 8. The lowest BCUT2D eigenvalue weighted by Crippen LogP contribution is -2.39. The van der Waals surface area contributed by atoms with Crippen LogP contribution in [0.3, 0.4) is 0 Å². The van der Waals surface area contributed by atoms with Crippen LogP contribution in [-0.2, 0) is 20.6 Å². The zero-order valence-electron chi connectivity index (χ0n) is 27.1. The van der Waals surface area contributed by atoms with Crippen molar-refractivity contribution in [2.45, 2.75) is 79.4 Å². The average Bonchev–Trinajstić information content (AvgIpc) is 3.30. The highest BCUT2D eigenvalue weighted by molar-refractivity contribution is 7.91. The number of likely N-dealkylation sites (tertiary alicyclic amines) is 1. The second-order valence-electron chi connectivity index (χ2n) is 12.4. The monoisotopic (exact) mass is 654 g/mol. The van der Waals surface area contributed by atoms with Gasteiger partial charge in [0, 0.05) is 66.3 Å². The van der Waals surface area contributed by atoms with E-state index in [2.05, 4.69) is 26.6 Å². The van der Waals surface area contributed by atoms with E-state index in [1.807, 2.05) is 18.2 Å². The predicted molar refractivity (Wildman–Crippen MR) is 184 cm³/mol. The van der Waals surface area contributed by atoms with Crippen molar-refractivity contribution in [3.8, 4) is 5.75 Å². The van der Waals surface area contributed by atoms with E-state index in [4.69, 9.17) is 4.74 Å². The fraction of sp³-hybridized carbons (Fsp3) is 0.571. The summed E-state index contributed by atoms with van der Waals surface area (Å²) in [5.41, 5.74) is 1.37. The number of anilines is 1. The summed E-state index contributed by atoms with van der Waals surface area (Å²) < 4.78 is 46.9. The maximum atomic E-state index is 14.3. The van der Waals surface area contributed by atoms with Crippen molar-refractivity contribution in [3.63, 3.8) is 0 Å². The highest BCUT2D eigenvalue weighted by Gasteiger charge is 2.28. The minimum atomic E-state index is -3.90. The molecular formula is C35H50N4O4S2. The molecule has 3 heterocycles. The van der Waals surface area contributed by atoms with Crippen LogP contribution < -0.4 is 9.64 Å². The van der Waals surface area contributed by atoms with E-state index in [1.54, 1.807) is 30.5 Å². The maximum absolute atomic E-state index is 14.3. The molecule has 2 saturated heterocycles. The summed E-state index contributed by atoms with van der Waals surface area (Å²) in [6.07, 6.45) is 13.8. The van der Waals surface area contributed by atoms with Crippen LogP contribution in [-0.4, -0.2) is 92.6 Å². The van der Waals surface area contributed by atoms with Gasteiger partial charge in [-0.15, -0.1) is 0 Å². The lowest BCUT2D eigenvalue weighted by Gasteiger charge is -2.30. The number of rotatable bonds is 14. The van der Waals surface area contributed by atoms with Crippen LogP contribution in [0.2, 0.25) is 0 Å². The maximum Gasteiger partial charge on any atom is 0.210 e. The van der Waals surface area contributed by atoms with E-state index in [0.29, 0.717) is 35.0 Å². The molecule has 0 spiro atoms. The van der Waals surface area contributed by atoms with Crippen molar-refractivity contribution in [1.29, 1.82) is 0 Å². The predicted octanol–water partition coefficient (Wildman–Crippen LogP) is 6.15. The minimum absolute atomic E-state index is 0.195. The molecule has 2 aromatic carbocycles. The number of aromatic nitrogens is 1. The van der Waals surface area contributed by atoms with Crippen LogP contribution in [0, 0.1) is 0 Å². The Morgan fingerprint density at radius 1 is 0.822 bits per heavy atom. The number of nitrogens with zero attached hydrogens (tertiary/aromatic N) is 4. The van der Waals surface area contributed by atoms with Gasteiger partial charge in [-0.25, -0.2) is 8.42 Å². The van der Waals surface area contributed by atoms with Crippen LogP contribution in [0.4, 0.5) is 5.69 Å². The molecule has 8 nitrogen and oxygen atoms in total. The quantitative estimate of drug-likeness (QED) is 0.192. The molecule has 0 N–H and O–H groups in total. The Morgan fingerprint density at radius 2 is 1.53 bits per heavy atom. The van der Waals surface area contributed by atoms with Gasteiger partial charge in [0.15, 0.2) is 0 Å². The SMILES string of the molecule is CCCCCCCOc1ccc(S(=O)(=O)c2cnc3ccc(S(C)=O)cc3c2N2CCCN(CCN3CCCCC3)CC2)cc1. The normalized spacial score (nSPS) is 17.8. The Bertz CT molecular complexity index is 1520. The molecule has 5 rings (SSSR count). The fourth-order valence-electron chi connectivity index (χ4n) is 6.46. The van der Waals surface area contributed by atoms with Gasteiger partial charge in [0.05, 0.1) is 22.7 Å². The second-order valence-corrected chi connectivity index (χ2v) is 15.7. The van der Waals surface area contributed by atoms with Crippen molar-refractivity contribution in [3.05, 3.63) is 48.7 Å². The Balaban J connectivity index is 1.39. The van der Waals surface area contributed by atoms with E-state index in [-0.39, 0.29) is 9.79 Å². The number of benzene rings is 2. The van der Waals surface area contributed by atoms with Crippen LogP contribution in [0.25, 0.3) is 10.9 Å². The van der Waals surface area contributed by atoms with Gasteiger partial charge in [0.2, 0.25) is 9.84 Å². The van der Waals surface area contributed by atoms with Gasteiger partial charge in [-0.05, 0) is 87.8 Å². The largest absolute Gasteiger partial charge is 0.494 e. The molecule has 0 radical (unpaired) electrons. The summed E-state index contributed by atoms with van der Waals surface area (Å²) >= 11 is 0. The Labute approximate surface area is 272 Å². The molecule has 3 aromatic rings. The van der Waals surface area contributed by atoms with E-state index in [0.717, 1.165) is 57.4 Å². The molecule has 2 aliphatic rings. The minimum Gasteiger partial charge on any atom is -0.494 e. The molecule has 10 heteroatoms. The van der Waals surface area contributed by atoms with Crippen molar-refractivity contribution < 1.29 is 17.4 Å². The number of fused-ring (bicyclic) bond motifs is 1. The lowest BCUT2D eigenvalue weighted by molar-refractivity contribution is 0.186. The summed E-state index contributed by atoms with van der Waals surface area (Å²) in [5.74, 6) is 0.675. The first-order valence-corrected chi connectivity index (χ1v) is 19.8. The van der Waals surface area contributed by atoms with Gasteiger partial charge in [0.25, 0.3) is 0 Å². The number of hydrogen-bond donors (Lipinski definition) is 0. The molecule has 1 unspecified atom stereocenters. The first-order valence-electron chi connectivity index (χ1n) is 16.8. The van der Waals surface area contributed by atoms with Gasteiger partial charge >= 0.3 is 0 Å². The molecule has 1 aromatic heterocycles. The summed E-state index contributed by atoms with van der Waals surface area (Å²) in [7, 11) is -5.11. The zero-order chi connectivity index (χ0) is 31.6. The summed E-state index contributed by atoms with van der Waals surface area (Å²) in [6, 6.07) is 12.3. The zero-order valence-corrected chi connectivity index (χ0v) is 28.7. The van der Waals surface area contributed by atoms with Crippen molar-refractivity contribution in [1.82, 2.24) is 14.8 Å². The number of unbranched alkanes of at least 4 members (excludes halogenated alkanes) is 4. The molecule has 0 bridgehead atoms. The molecule has 2 fully saturated rings. The Kier molecular flexibility index (Phi) is 12.3. The first kappa shape index (κ1) is 33.8. The van der Waals surface area contributed by atoms with Gasteiger partial charge in [-0.2, -0.15) is 0 Å². The summed E-state index contributed by atoms with van der Waals surface area (Å²) in [5, 5.41) is 0.730. The smallest absolute Gasteiger partial charge is 0.210 e.